The van der Waals surface area contributed by atoms with Crippen LogP contribution in [0.25, 0.3) is 21.8 Å². The van der Waals surface area contributed by atoms with Gasteiger partial charge in [-0.1, -0.05) is 66.2 Å². The van der Waals surface area contributed by atoms with E-state index in [9.17, 15) is 13.2 Å². The minimum Gasteiger partial charge on any atom is -0.459 e. The van der Waals surface area contributed by atoms with Gasteiger partial charge in [-0.05, 0) is 50.6 Å². The van der Waals surface area contributed by atoms with E-state index in [0.29, 0.717) is 16.3 Å². The molecule has 4 rings (SSSR count). The number of benzene rings is 3. The minimum atomic E-state index is -4.42. The lowest BCUT2D eigenvalue weighted by Crippen LogP contribution is -2.54. The molecule has 8 nitrogen and oxygen atoms in total. The van der Waals surface area contributed by atoms with Crippen molar-refractivity contribution in [2.45, 2.75) is 44.8 Å². The number of halogens is 1. The van der Waals surface area contributed by atoms with Crippen LogP contribution in [0.3, 0.4) is 0 Å². The van der Waals surface area contributed by atoms with Crippen molar-refractivity contribution in [3.63, 3.8) is 0 Å². The van der Waals surface area contributed by atoms with E-state index in [2.05, 4.69) is 0 Å². The van der Waals surface area contributed by atoms with Gasteiger partial charge in [0.2, 0.25) is 0 Å². The van der Waals surface area contributed by atoms with Gasteiger partial charge in [-0.2, -0.15) is 8.42 Å². The average molecular weight is 600 g/mol. The predicted octanol–water partition coefficient (Wildman–Crippen LogP) is 6.17. The fraction of sp³-hybridized carbons (Fsp3) is 0.241. The molecule has 0 fully saturated rings. The van der Waals surface area contributed by atoms with Crippen LogP contribution in [0.1, 0.15) is 31.2 Å². The molecule has 4 N–H and O–H groups in total. The van der Waals surface area contributed by atoms with Crippen LogP contribution >= 0.6 is 22.9 Å². The number of thiazole rings is 1. The van der Waals surface area contributed by atoms with Crippen LogP contribution in [0, 0.1) is 0 Å². The molecule has 0 aliphatic carbocycles. The van der Waals surface area contributed by atoms with Gasteiger partial charge in [0.25, 0.3) is 0 Å². The van der Waals surface area contributed by atoms with Gasteiger partial charge in [-0.3, -0.25) is 14.1 Å². The first-order chi connectivity index (χ1) is 18.7. The summed E-state index contributed by atoms with van der Waals surface area (Å²) in [6.45, 7) is 5.38. The number of hydrogen-bond acceptors (Lipinski definition) is 7. The summed E-state index contributed by atoms with van der Waals surface area (Å²) in [6.07, 6.45) is 0.337. The molecular formula is C29H30ClN3O5S2. The smallest absolute Gasteiger partial charge is 0.357 e. The normalized spacial score (nSPS) is 13.4. The molecule has 1 atom stereocenters. The fourth-order valence-corrected chi connectivity index (χ4v) is 5.86. The summed E-state index contributed by atoms with van der Waals surface area (Å²) >= 11 is 7.50. The van der Waals surface area contributed by atoms with Crippen LogP contribution in [0.5, 0.6) is 0 Å². The zero-order chi connectivity index (χ0) is 29.1. The number of carbonyl (C=O) groups excluding carboxylic acids is 1. The Kier molecular flexibility index (Phi) is 8.67. The lowest BCUT2D eigenvalue weighted by molar-refractivity contribution is -0.161. The zero-order valence-corrected chi connectivity index (χ0v) is 24.6. The van der Waals surface area contributed by atoms with Crippen LogP contribution in [0.2, 0.25) is 5.02 Å². The van der Waals surface area contributed by atoms with Crippen molar-refractivity contribution in [3.8, 4) is 21.8 Å². The monoisotopic (exact) mass is 599 g/mol. The van der Waals surface area contributed by atoms with Crippen molar-refractivity contribution < 1.29 is 22.5 Å². The van der Waals surface area contributed by atoms with E-state index in [1.165, 1.54) is 23.5 Å². The van der Waals surface area contributed by atoms with Gasteiger partial charge in [-0.15, -0.1) is 11.3 Å². The molecule has 0 aliphatic rings. The minimum absolute atomic E-state index is 0.134. The first-order valence-electron chi connectivity index (χ1n) is 12.4. The summed E-state index contributed by atoms with van der Waals surface area (Å²) < 4.78 is 39.4. The van der Waals surface area contributed by atoms with Crippen LogP contribution in [0.15, 0.2) is 78.9 Å². The highest BCUT2D eigenvalue weighted by Gasteiger charge is 2.40. The lowest BCUT2D eigenvalue weighted by atomic mass is 9.87. The van der Waals surface area contributed by atoms with Gasteiger partial charge in [0, 0.05) is 33.9 Å². The van der Waals surface area contributed by atoms with Crippen molar-refractivity contribution >= 4 is 44.9 Å². The van der Waals surface area contributed by atoms with Crippen molar-refractivity contribution in [1.82, 2.24) is 4.98 Å². The number of carbonyl (C=O) groups is 1. The molecule has 0 saturated carbocycles. The number of rotatable bonds is 9. The summed E-state index contributed by atoms with van der Waals surface area (Å²) in [4.78, 5) is 19.2. The molecule has 4 aromatic rings. The molecule has 0 aliphatic heterocycles. The average Bonchev–Trinajstić information content (AvgIpc) is 3.28. The second-order valence-electron chi connectivity index (χ2n) is 10.4. The maximum absolute atomic E-state index is 13.6. The second-order valence-corrected chi connectivity index (χ2v) is 13.1. The number of ether oxygens (including phenoxy) is 1. The van der Waals surface area contributed by atoms with Gasteiger partial charge in [0.15, 0.2) is 0 Å². The lowest BCUT2D eigenvalue weighted by Gasteiger charge is -2.31. The molecule has 210 valence electrons. The van der Waals surface area contributed by atoms with Gasteiger partial charge < -0.3 is 10.5 Å². The highest BCUT2D eigenvalue weighted by atomic mass is 35.5. The SMILES string of the molecule is CC(C)(C)OC(=O)C(N)(Cc1ccc(Cl)cc1)Cc1sc(-c2ccccc2)nc1-c1ccc(NS(=O)(=O)O)cc1. The highest BCUT2D eigenvalue weighted by molar-refractivity contribution is 7.87. The number of nitrogens with two attached hydrogens (primary N) is 1. The summed E-state index contributed by atoms with van der Waals surface area (Å²) in [7, 11) is -4.42. The van der Waals surface area contributed by atoms with Crippen molar-refractivity contribution in [1.29, 1.82) is 0 Å². The van der Waals surface area contributed by atoms with Crippen LogP contribution in [-0.2, 0) is 32.7 Å². The molecule has 1 heterocycles. The molecule has 1 aromatic heterocycles. The van der Waals surface area contributed by atoms with E-state index in [-0.39, 0.29) is 18.5 Å². The van der Waals surface area contributed by atoms with Crippen molar-refractivity contribution in [2.75, 3.05) is 4.72 Å². The Labute approximate surface area is 243 Å². The van der Waals surface area contributed by atoms with E-state index in [1.807, 2.05) is 47.2 Å². The molecule has 0 saturated heterocycles. The first-order valence-corrected chi connectivity index (χ1v) is 15.0. The van der Waals surface area contributed by atoms with Crippen LogP contribution in [0.4, 0.5) is 5.69 Å². The van der Waals surface area contributed by atoms with Gasteiger partial charge in [-0.25, -0.2) is 4.98 Å². The standard InChI is InChI=1S/C29H30ClN3O5S2/c1-28(2,3)38-27(34)29(31,17-19-9-13-22(30)14-10-19)18-24-25(32-26(39-24)21-7-5-4-6-8-21)20-11-15-23(16-12-20)33-40(35,36)37/h4-16,33H,17-18,31H2,1-3H3,(H,35,36,37). The Bertz CT molecular complexity index is 1580. The van der Waals surface area contributed by atoms with E-state index >= 15 is 0 Å². The Hall–Kier alpha value is -3.28. The molecule has 0 bridgehead atoms. The molecule has 11 heteroatoms. The molecule has 0 amide bonds. The maximum Gasteiger partial charge on any atom is 0.357 e. The first kappa shape index (κ1) is 29.7. The Morgan fingerprint density at radius 3 is 2.17 bits per heavy atom. The van der Waals surface area contributed by atoms with Gasteiger partial charge in [0.1, 0.15) is 16.1 Å². The highest BCUT2D eigenvalue weighted by Crippen LogP contribution is 2.37. The Balaban J connectivity index is 1.78. The quantitative estimate of drug-likeness (QED) is 0.155. The Morgan fingerprint density at radius 1 is 0.975 bits per heavy atom. The van der Waals surface area contributed by atoms with E-state index < -0.39 is 27.4 Å². The van der Waals surface area contributed by atoms with Crippen LogP contribution < -0.4 is 10.5 Å². The number of anilines is 1. The summed E-state index contributed by atoms with van der Waals surface area (Å²) in [5, 5.41) is 1.32. The maximum atomic E-state index is 13.6. The fourth-order valence-electron chi connectivity index (χ4n) is 4.09. The number of esters is 1. The van der Waals surface area contributed by atoms with Crippen molar-refractivity contribution in [3.05, 3.63) is 94.3 Å². The molecular weight excluding hydrogens is 570 g/mol. The molecule has 3 aromatic carbocycles. The van der Waals surface area contributed by atoms with Gasteiger partial charge >= 0.3 is 16.3 Å². The van der Waals surface area contributed by atoms with E-state index in [1.54, 1.807) is 45.0 Å². The zero-order valence-electron chi connectivity index (χ0n) is 22.2. The third-order valence-corrected chi connectivity index (χ3v) is 7.69. The van der Waals surface area contributed by atoms with Crippen LogP contribution in [-0.4, -0.2) is 35.1 Å². The molecule has 40 heavy (non-hydrogen) atoms. The number of nitrogens with one attached hydrogen (secondary N) is 1. The molecule has 0 radical (unpaired) electrons. The summed E-state index contributed by atoms with van der Waals surface area (Å²) in [6, 6.07) is 23.2. The molecule has 1 unspecified atom stereocenters. The number of aromatic nitrogens is 1. The largest absolute Gasteiger partial charge is 0.459 e. The number of nitrogens with zero attached hydrogens (tertiary/aromatic N) is 1. The summed E-state index contributed by atoms with van der Waals surface area (Å²) in [5.74, 6) is -0.539. The van der Waals surface area contributed by atoms with Gasteiger partial charge in [0.05, 0.1) is 11.4 Å². The van der Waals surface area contributed by atoms with E-state index in [4.69, 9.17) is 31.6 Å². The second kappa shape index (κ2) is 11.7. The third-order valence-electron chi connectivity index (χ3n) is 5.84. The third kappa shape index (κ3) is 7.89. The molecule has 0 spiro atoms. The summed E-state index contributed by atoms with van der Waals surface area (Å²) in [5.41, 5.74) is 7.95. The topological polar surface area (TPSA) is 132 Å². The Morgan fingerprint density at radius 2 is 1.60 bits per heavy atom. The van der Waals surface area contributed by atoms with Crippen molar-refractivity contribution in [2.24, 2.45) is 5.73 Å². The number of hydrogen-bond donors (Lipinski definition) is 3. The predicted molar refractivity (Wildman–Crippen MR) is 160 cm³/mol. The van der Waals surface area contributed by atoms with E-state index in [0.717, 1.165) is 21.0 Å².